The highest BCUT2D eigenvalue weighted by Gasteiger charge is 2.29. The van der Waals surface area contributed by atoms with Crippen molar-refractivity contribution in [3.63, 3.8) is 0 Å². The van der Waals surface area contributed by atoms with Crippen molar-refractivity contribution in [2.75, 3.05) is 5.75 Å². The lowest BCUT2D eigenvalue weighted by molar-refractivity contribution is -0.112. The smallest absolute Gasteiger partial charge is 0.263 e. The Labute approximate surface area is 127 Å². The highest BCUT2D eigenvalue weighted by Crippen LogP contribution is 2.37. The van der Waals surface area contributed by atoms with Crippen molar-refractivity contribution >= 4 is 55.8 Å². The number of hydrogen-bond acceptors (Lipinski definition) is 4. The average Bonchev–Trinajstić information content (AvgIpc) is 2.95. The van der Waals surface area contributed by atoms with E-state index in [1.165, 1.54) is 17.8 Å². The summed E-state index contributed by atoms with van der Waals surface area (Å²) in [7, 11) is 0. The van der Waals surface area contributed by atoms with E-state index in [9.17, 15) is 14.0 Å². The van der Waals surface area contributed by atoms with Crippen LogP contribution in [0.2, 0.25) is 5.02 Å². The predicted octanol–water partition coefficient (Wildman–Crippen LogP) is 3.46. The van der Waals surface area contributed by atoms with Crippen molar-refractivity contribution in [1.29, 1.82) is 0 Å². The Morgan fingerprint density at radius 2 is 2.25 bits per heavy atom. The van der Waals surface area contributed by atoms with Gasteiger partial charge in [0.25, 0.3) is 5.91 Å². The van der Waals surface area contributed by atoms with Crippen LogP contribution in [0.15, 0.2) is 18.2 Å². The van der Waals surface area contributed by atoms with Gasteiger partial charge in [0.1, 0.15) is 10.7 Å². The summed E-state index contributed by atoms with van der Waals surface area (Å²) in [5, 5.41) is 2.99. The number of nitrogens with one attached hydrogen (secondary N) is 1. The third-order valence-corrected chi connectivity index (χ3v) is 5.71. The lowest BCUT2D eigenvalue weighted by Gasteiger charge is -2.08. The molecular formula is C13H9ClFNO2S2. The van der Waals surface area contributed by atoms with Crippen LogP contribution >= 0.6 is 34.7 Å². The van der Waals surface area contributed by atoms with Crippen LogP contribution in [0.1, 0.15) is 16.1 Å². The molecule has 3 rings (SSSR count). The first-order valence-corrected chi connectivity index (χ1v) is 8.10. The molecule has 3 nitrogen and oxygen atoms in total. The van der Waals surface area contributed by atoms with Crippen LogP contribution < -0.4 is 5.32 Å². The third kappa shape index (κ3) is 2.32. The topological polar surface area (TPSA) is 46.2 Å². The second-order valence-electron chi connectivity index (χ2n) is 4.34. The molecular weight excluding hydrogens is 321 g/mol. The SMILES string of the molecule is O=C(NC1CCSC1=O)c1sc2cccc(F)c2c1Cl. The zero-order chi connectivity index (χ0) is 14.3. The van der Waals surface area contributed by atoms with E-state index in [1.54, 1.807) is 12.1 Å². The maximum atomic E-state index is 13.7. The molecule has 0 radical (unpaired) electrons. The summed E-state index contributed by atoms with van der Waals surface area (Å²) >= 11 is 8.44. The molecule has 1 fully saturated rings. The molecule has 1 aromatic heterocycles. The van der Waals surface area contributed by atoms with Gasteiger partial charge in [-0.3, -0.25) is 9.59 Å². The van der Waals surface area contributed by atoms with Crippen LogP contribution in [0.5, 0.6) is 0 Å². The van der Waals surface area contributed by atoms with E-state index < -0.39 is 17.8 Å². The van der Waals surface area contributed by atoms with Gasteiger partial charge in [-0.25, -0.2) is 4.39 Å². The number of benzene rings is 1. The molecule has 1 aliphatic heterocycles. The number of carbonyl (C=O) groups excluding carboxylic acids is 2. The Morgan fingerprint density at radius 3 is 2.90 bits per heavy atom. The average molecular weight is 330 g/mol. The van der Waals surface area contributed by atoms with Gasteiger partial charge >= 0.3 is 0 Å². The second kappa shape index (κ2) is 5.35. The molecule has 1 amide bonds. The molecule has 20 heavy (non-hydrogen) atoms. The fourth-order valence-electron chi connectivity index (χ4n) is 2.07. The zero-order valence-electron chi connectivity index (χ0n) is 10.1. The monoisotopic (exact) mass is 329 g/mol. The van der Waals surface area contributed by atoms with Gasteiger partial charge in [-0.1, -0.05) is 29.4 Å². The molecule has 104 valence electrons. The zero-order valence-corrected chi connectivity index (χ0v) is 12.5. The first kappa shape index (κ1) is 13.9. The van der Waals surface area contributed by atoms with Gasteiger partial charge < -0.3 is 5.32 Å². The van der Waals surface area contributed by atoms with Crippen LogP contribution in [0.4, 0.5) is 4.39 Å². The molecule has 1 aliphatic rings. The van der Waals surface area contributed by atoms with Crippen molar-refractivity contribution in [1.82, 2.24) is 5.32 Å². The number of halogens is 2. The number of thioether (sulfide) groups is 1. The number of rotatable bonds is 2. The van der Waals surface area contributed by atoms with Gasteiger partial charge in [-0.2, -0.15) is 0 Å². The van der Waals surface area contributed by atoms with Gasteiger partial charge in [-0.15, -0.1) is 11.3 Å². The van der Waals surface area contributed by atoms with Crippen LogP contribution in [-0.4, -0.2) is 22.8 Å². The van der Waals surface area contributed by atoms with E-state index in [4.69, 9.17) is 11.6 Å². The van der Waals surface area contributed by atoms with E-state index in [1.807, 2.05) is 0 Å². The molecule has 0 aliphatic carbocycles. The summed E-state index contributed by atoms with van der Waals surface area (Å²) in [5.41, 5.74) is 0. The quantitative estimate of drug-likeness (QED) is 0.917. The number of thiophene rings is 1. The second-order valence-corrected chi connectivity index (χ2v) is 6.87. The molecule has 1 atom stereocenters. The maximum absolute atomic E-state index is 13.7. The van der Waals surface area contributed by atoms with Gasteiger partial charge in [0.05, 0.1) is 11.1 Å². The minimum atomic E-state index is -0.473. The van der Waals surface area contributed by atoms with E-state index in [2.05, 4.69) is 5.32 Å². The summed E-state index contributed by atoms with van der Waals surface area (Å²) in [6.07, 6.45) is 0.617. The van der Waals surface area contributed by atoms with Crippen molar-refractivity contribution in [3.8, 4) is 0 Å². The number of carbonyl (C=O) groups is 2. The summed E-state index contributed by atoms with van der Waals surface area (Å²) in [6, 6.07) is 4.12. The number of amides is 1. The van der Waals surface area contributed by atoms with Gasteiger partial charge in [-0.05, 0) is 18.6 Å². The standard InChI is InChI=1S/C13H9ClFNO2S2/c14-10-9-6(15)2-1-3-8(9)20-11(10)12(17)16-7-4-5-19-13(7)18/h1-3,7H,4-5H2,(H,16,17). The fourth-order valence-corrected chi connectivity index (χ4v) is 4.46. The highest BCUT2D eigenvalue weighted by atomic mass is 35.5. The minimum Gasteiger partial charge on any atom is -0.341 e. The summed E-state index contributed by atoms with van der Waals surface area (Å²) in [5.74, 6) is -0.162. The Hall–Kier alpha value is -1.11. The molecule has 1 unspecified atom stereocenters. The van der Waals surface area contributed by atoms with Crippen LogP contribution in [-0.2, 0) is 4.79 Å². The number of hydrogen-bond donors (Lipinski definition) is 1. The first-order valence-electron chi connectivity index (χ1n) is 5.92. The molecule has 7 heteroatoms. The number of fused-ring (bicyclic) bond motifs is 1. The molecule has 2 heterocycles. The summed E-state index contributed by atoms with van der Waals surface area (Å²) < 4.78 is 14.3. The van der Waals surface area contributed by atoms with Gasteiger partial charge in [0.15, 0.2) is 0 Å². The van der Waals surface area contributed by atoms with Crippen molar-refractivity contribution < 1.29 is 14.0 Å². The lowest BCUT2D eigenvalue weighted by Crippen LogP contribution is -2.36. The highest BCUT2D eigenvalue weighted by molar-refractivity contribution is 8.14. The first-order chi connectivity index (χ1) is 9.58. The van der Waals surface area contributed by atoms with Crippen molar-refractivity contribution in [2.24, 2.45) is 0 Å². The Morgan fingerprint density at radius 1 is 1.45 bits per heavy atom. The fraction of sp³-hybridized carbons (Fsp3) is 0.231. The van der Waals surface area contributed by atoms with Crippen molar-refractivity contribution in [2.45, 2.75) is 12.5 Å². The lowest BCUT2D eigenvalue weighted by atomic mass is 10.2. The molecule has 1 saturated heterocycles. The normalized spacial score (nSPS) is 18.7. The summed E-state index contributed by atoms with van der Waals surface area (Å²) in [6.45, 7) is 0. The molecule has 0 saturated carbocycles. The van der Waals surface area contributed by atoms with Crippen LogP contribution in [0, 0.1) is 5.82 Å². The van der Waals surface area contributed by atoms with E-state index in [-0.39, 0.29) is 20.4 Å². The van der Waals surface area contributed by atoms with E-state index >= 15 is 0 Å². The molecule has 2 aromatic rings. The third-order valence-electron chi connectivity index (χ3n) is 3.05. The van der Waals surface area contributed by atoms with Crippen molar-refractivity contribution in [3.05, 3.63) is 33.9 Å². The Balaban J connectivity index is 1.94. The Bertz CT molecular complexity index is 716. The van der Waals surface area contributed by atoms with E-state index in [0.717, 1.165) is 11.3 Å². The van der Waals surface area contributed by atoms with Gasteiger partial charge in [0.2, 0.25) is 5.12 Å². The van der Waals surface area contributed by atoms with Crippen LogP contribution in [0.25, 0.3) is 10.1 Å². The molecule has 1 N–H and O–H groups in total. The predicted molar refractivity (Wildman–Crippen MR) is 80.1 cm³/mol. The maximum Gasteiger partial charge on any atom is 0.263 e. The summed E-state index contributed by atoms with van der Waals surface area (Å²) in [4.78, 5) is 23.9. The van der Waals surface area contributed by atoms with Crippen LogP contribution in [0.3, 0.4) is 0 Å². The minimum absolute atomic E-state index is 0.0400. The van der Waals surface area contributed by atoms with Gasteiger partial charge in [0, 0.05) is 15.8 Å². The Kier molecular flexibility index (Phi) is 3.70. The molecule has 1 aromatic carbocycles. The largest absolute Gasteiger partial charge is 0.341 e. The van der Waals surface area contributed by atoms with E-state index in [0.29, 0.717) is 16.9 Å². The molecule has 0 spiro atoms. The molecule has 0 bridgehead atoms.